The zero-order valence-electron chi connectivity index (χ0n) is 21.4. The Bertz CT molecular complexity index is 992. The normalized spacial score (nSPS) is 22.3. The summed E-state index contributed by atoms with van der Waals surface area (Å²) in [6, 6.07) is 5.09. The number of piperidine rings is 1. The molecular formula is C24H39FN4O5S. The monoisotopic (exact) mass is 514 g/mol. The molecule has 0 saturated carbocycles. The molecule has 0 aliphatic carbocycles. The molecule has 2 aliphatic heterocycles. The lowest BCUT2D eigenvalue weighted by Gasteiger charge is -2.41. The van der Waals surface area contributed by atoms with E-state index in [1.165, 1.54) is 10.4 Å². The van der Waals surface area contributed by atoms with Crippen LogP contribution in [0.25, 0.3) is 0 Å². The fraction of sp³-hybridized carbons (Fsp3) is 0.708. The molecule has 1 unspecified atom stereocenters. The summed E-state index contributed by atoms with van der Waals surface area (Å²) in [4.78, 5) is 16.5. The van der Waals surface area contributed by atoms with E-state index in [-0.39, 0.29) is 24.1 Å². The Morgan fingerprint density at radius 3 is 2.40 bits per heavy atom. The number of aryl methyl sites for hydroxylation is 1. The van der Waals surface area contributed by atoms with E-state index < -0.39 is 21.9 Å². The Balaban J connectivity index is 1.68. The molecule has 0 aromatic heterocycles. The average Bonchev–Trinajstić information content (AvgIpc) is 2.74. The van der Waals surface area contributed by atoms with Crippen LogP contribution < -0.4 is 5.14 Å². The second-order valence-electron chi connectivity index (χ2n) is 10.6. The average molecular weight is 515 g/mol. The van der Waals surface area contributed by atoms with Gasteiger partial charge in [-0.3, -0.25) is 4.90 Å². The molecular weight excluding hydrogens is 475 g/mol. The third kappa shape index (κ3) is 7.85. The molecule has 3 rings (SSSR count). The zero-order chi connectivity index (χ0) is 26.0. The van der Waals surface area contributed by atoms with Crippen LogP contribution in [0.2, 0.25) is 0 Å². The van der Waals surface area contributed by atoms with Gasteiger partial charge in [-0.1, -0.05) is 12.1 Å². The fourth-order valence-electron chi connectivity index (χ4n) is 4.52. The highest BCUT2D eigenvalue weighted by Crippen LogP contribution is 2.28. The molecule has 9 nitrogen and oxygen atoms in total. The molecule has 2 atom stereocenters. The number of rotatable bonds is 6. The third-order valence-corrected chi connectivity index (χ3v) is 7.53. The maximum atomic E-state index is 14.4. The summed E-state index contributed by atoms with van der Waals surface area (Å²) in [7, 11) is -3.72. The van der Waals surface area contributed by atoms with Crippen LogP contribution in [0.5, 0.6) is 0 Å². The van der Waals surface area contributed by atoms with Gasteiger partial charge in [-0.2, -0.15) is 12.7 Å². The standard InChI is InChI=1S/C24H39FN4O5S/c1-17-6-7-19(14-21(17)25)22(33-20-8-10-28(11-9-20)35(26,31)32)16-27-12-13-29(18(2)15-27)23(30)34-24(3,4)5/h6-7,14,18,20,22H,8-13,15-16H2,1-5H3,(H2,26,31,32)/t18-,22?/m1/s1. The van der Waals surface area contributed by atoms with Crippen LogP contribution >= 0.6 is 0 Å². The minimum Gasteiger partial charge on any atom is -0.444 e. The van der Waals surface area contributed by atoms with Gasteiger partial charge in [-0.05, 0) is 64.7 Å². The quantitative estimate of drug-likeness (QED) is 0.626. The van der Waals surface area contributed by atoms with Crippen molar-refractivity contribution >= 4 is 16.3 Å². The van der Waals surface area contributed by atoms with E-state index in [0.29, 0.717) is 57.7 Å². The van der Waals surface area contributed by atoms with Crippen LogP contribution in [0.4, 0.5) is 9.18 Å². The lowest BCUT2D eigenvalue weighted by Crippen LogP contribution is -2.55. The molecule has 11 heteroatoms. The van der Waals surface area contributed by atoms with Gasteiger partial charge in [-0.15, -0.1) is 0 Å². The number of amides is 1. The van der Waals surface area contributed by atoms with Crippen molar-refractivity contribution in [2.24, 2.45) is 5.14 Å². The Morgan fingerprint density at radius 1 is 1.20 bits per heavy atom. The first-order valence-corrected chi connectivity index (χ1v) is 13.6. The SMILES string of the molecule is Cc1ccc(C(CN2CCN(C(=O)OC(C)(C)C)[C@H](C)C2)OC2CCN(S(N)(=O)=O)CC2)cc1F. The van der Waals surface area contributed by atoms with E-state index in [1.807, 2.05) is 33.8 Å². The van der Waals surface area contributed by atoms with Crippen LogP contribution in [0.15, 0.2) is 18.2 Å². The largest absolute Gasteiger partial charge is 0.444 e. The van der Waals surface area contributed by atoms with Crippen molar-refractivity contribution in [1.29, 1.82) is 0 Å². The summed E-state index contributed by atoms with van der Waals surface area (Å²) in [5.41, 5.74) is 0.749. The molecule has 2 saturated heterocycles. The van der Waals surface area contributed by atoms with Crippen molar-refractivity contribution in [3.05, 3.63) is 35.1 Å². The van der Waals surface area contributed by atoms with Crippen LogP contribution in [0.1, 0.15) is 57.8 Å². The highest BCUT2D eigenvalue weighted by molar-refractivity contribution is 7.86. The van der Waals surface area contributed by atoms with Gasteiger partial charge in [0.2, 0.25) is 0 Å². The topological polar surface area (TPSA) is 105 Å². The number of benzene rings is 1. The Labute approximate surface area is 208 Å². The van der Waals surface area contributed by atoms with E-state index in [2.05, 4.69) is 4.90 Å². The van der Waals surface area contributed by atoms with Crippen LogP contribution in [-0.4, -0.2) is 85.6 Å². The zero-order valence-corrected chi connectivity index (χ0v) is 22.2. The molecule has 2 aliphatic rings. The summed E-state index contributed by atoms with van der Waals surface area (Å²) < 4.78 is 50.9. The van der Waals surface area contributed by atoms with Gasteiger partial charge in [0.15, 0.2) is 0 Å². The molecule has 1 aromatic carbocycles. The minimum atomic E-state index is -3.72. The molecule has 0 spiro atoms. The molecule has 35 heavy (non-hydrogen) atoms. The van der Waals surface area contributed by atoms with Crippen molar-refractivity contribution in [1.82, 2.24) is 14.1 Å². The summed E-state index contributed by atoms with van der Waals surface area (Å²) in [5, 5.41) is 5.25. The van der Waals surface area contributed by atoms with E-state index >= 15 is 0 Å². The minimum absolute atomic E-state index is 0.0491. The highest BCUT2D eigenvalue weighted by Gasteiger charge is 2.33. The molecule has 0 bridgehead atoms. The number of ether oxygens (including phenoxy) is 2. The smallest absolute Gasteiger partial charge is 0.410 e. The Kier molecular flexibility index (Phi) is 8.80. The predicted octanol–water partition coefficient (Wildman–Crippen LogP) is 2.80. The first-order valence-electron chi connectivity index (χ1n) is 12.1. The van der Waals surface area contributed by atoms with Crippen molar-refractivity contribution < 1.29 is 27.1 Å². The number of piperazine rings is 1. The Morgan fingerprint density at radius 2 is 1.86 bits per heavy atom. The van der Waals surface area contributed by atoms with Crippen LogP contribution in [-0.2, 0) is 19.7 Å². The van der Waals surface area contributed by atoms with E-state index in [1.54, 1.807) is 17.9 Å². The van der Waals surface area contributed by atoms with Gasteiger partial charge in [0.05, 0.1) is 12.2 Å². The summed E-state index contributed by atoms with van der Waals surface area (Å²) in [6.45, 7) is 12.2. The third-order valence-electron chi connectivity index (χ3n) is 6.45. The van der Waals surface area contributed by atoms with Gasteiger partial charge in [0.25, 0.3) is 10.2 Å². The van der Waals surface area contributed by atoms with Crippen LogP contribution in [0.3, 0.4) is 0 Å². The van der Waals surface area contributed by atoms with Crippen molar-refractivity contribution in [2.75, 3.05) is 39.3 Å². The first kappa shape index (κ1) is 27.8. The van der Waals surface area contributed by atoms with E-state index in [4.69, 9.17) is 14.6 Å². The maximum Gasteiger partial charge on any atom is 0.410 e. The summed E-state index contributed by atoms with van der Waals surface area (Å²) in [6.07, 6.45) is 0.160. The van der Waals surface area contributed by atoms with Gasteiger partial charge in [0, 0.05) is 45.3 Å². The summed E-state index contributed by atoms with van der Waals surface area (Å²) in [5.74, 6) is -0.289. The fourth-order valence-corrected chi connectivity index (χ4v) is 5.24. The van der Waals surface area contributed by atoms with Crippen molar-refractivity contribution in [3.8, 4) is 0 Å². The molecule has 1 aromatic rings. The highest BCUT2D eigenvalue weighted by atomic mass is 32.2. The summed E-state index contributed by atoms with van der Waals surface area (Å²) >= 11 is 0. The number of hydrogen-bond donors (Lipinski definition) is 1. The van der Waals surface area contributed by atoms with Gasteiger partial charge in [-0.25, -0.2) is 14.3 Å². The molecule has 0 radical (unpaired) electrons. The molecule has 2 N–H and O–H groups in total. The molecule has 2 heterocycles. The molecule has 2 fully saturated rings. The Hall–Kier alpha value is -1.79. The van der Waals surface area contributed by atoms with Crippen molar-refractivity contribution in [2.45, 2.75) is 71.3 Å². The van der Waals surface area contributed by atoms with Gasteiger partial charge in [0.1, 0.15) is 11.4 Å². The number of nitrogens with two attached hydrogens (primary N) is 1. The second kappa shape index (κ2) is 11.1. The second-order valence-corrected chi connectivity index (χ2v) is 12.1. The van der Waals surface area contributed by atoms with Gasteiger partial charge >= 0.3 is 6.09 Å². The van der Waals surface area contributed by atoms with E-state index in [9.17, 15) is 17.6 Å². The number of halogens is 1. The lowest BCUT2D eigenvalue weighted by atomic mass is 10.0. The number of hydrogen-bond acceptors (Lipinski definition) is 6. The lowest BCUT2D eigenvalue weighted by molar-refractivity contribution is -0.0582. The molecule has 198 valence electrons. The van der Waals surface area contributed by atoms with Crippen LogP contribution in [0, 0.1) is 12.7 Å². The maximum absolute atomic E-state index is 14.4. The molecule has 1 amide bonds. The van der Waals surface area contributed by atoms with Crippen molar-refractivity contribution in [3.63, 3.8) is 0 Å². The van der Waals surface area contributed by atoms with E-state index in [0.717, 1.165) is 5.56 Å². The number of carbonyl (C=O) groups excluding carboxylic acids is 1. The van der Waals surface area contributed by atoms with Gasteiger partial charge < -0.3 is 14.4 Å². The number of nitrogens with zero attached hydrogens (tertiary/aromatic N) is 3. The first-order chi connectivity index (χ1) is 16.2. The predicted molar refractivity (Wildman–Crippen MR) is 132 cm³/mol. The number of carbonyl (C=O) groups is 1.